The summed E-state index contributed by atoms with van der Waals surface area (Å²) in [6, 6.07) is 28.4. The molecule has 0 saturated heterocycles. The Morgan fingerprint density at radius 1 is 0.275 bits per heavy atom. The van der Waals surface area contributed by atoms with Crippen molar-refractivity contribution in [1.29, 1.82) is 0 Å². The summed E-state index contributed by atoms with van der Waals surface area (Å²) < 4.78 is 268. The zero-order chi connectivity index (χ0) is 66.9. The number of alkyl halides is 6. The van der Waals surface area contributed by atoms with Crippen LogP contribution in [-0.4, -0.2) is 0 Å². The molecule has 0 unspecified atom stereocenters. The third kappa shape index (κ3) is 17.1. The van der Waals surface area contributed by atoms with Crippen molar-refractivity contribution in [2.45, 2.75) is 105 Å². The predicted octanol–water partition coefficient (Wildman–Crippen LogP) is 22.3. The van der Waals surface area contributed by atoms with E-state index in [1.807, 2.05) is 26.0 Å². The van der Waals surface area contributed by atoms with Gasteiger partial charge in [-0.2, -0.15) is 26.3 Å². The van der Waals surface area contributed by atoms with Gasteiger partial charge < -0.3 is 14.2 Å². The number of hydrogen-bond acceptors (Lipinski definition) is 3. The van der Waals surface area contributed by atoms with Crippen LogP contribution in [0.2, 0.25) is 0 Å². The maximum Gasteiger partial charge on any atom is 0.432 e. The van der Waals surface area contributed by atoms with Gasteiger partial charge in [0, 0.05) is 53.1 Å². The lowest BCUT2D eigenvalue weighted by atomic mass is 9.99. The number of hydrogen-bond donors (Lipinski definition) is 0. The molecule has 0 spiro atoms. The molecular formula is C70H56F18O3. The highest BCUT2D eigenvalue weighted by atomic mass is 19.3. The van der Waals surface area contributed by atoms with Crippen LogP contribution in [0.1, 0.15) is 96.5 Å². The topological polar surface area (TPSA) is 27.7 Å². The first-order valence-corrected chi connectivity index (χ1v) is 28.2. The lowest BCUT2D eigenvalue weighted by Gasteiger charge is -2.20. The second-order valence-corrected chi connectivity index (χ2v) is 21.0. The van der Waals surface area contributed by atoms with Crippen LogP contribution in [0.25, 0.3) is 33.4 Å². The van der Waals surface area contributed by atoms with E-state index in [1.54, 1.807) is 60.7 Å². The van der Waals surface area contributed by atoms with Crippen LogP contribution in [0.3, 0.4) is 0 Å². The van der Waals surface area contributed by atoms with E-state index in [2.05, 4.69) is 21.1 Å². The normalized spacial score (nSPS) is 11.6. The van der Waals surface area contributed by atoms with Crippen molar-refractivity contribution in [2.75, 3.05) is 0 Å². The summed E-state index contributed by atoms with van der Waals surface area (Å²) in [7, 11) is 0. The van der Waals surface area contributed by atoms with Gasteiger partial charge >= 0.3 is 18.3 Å². The Balaban J connectivity index is 0.000000194. The first-order valence-electron chi connectivity index (χ1n) is 28.2. The summed E-state index contributed by atoms with van der Waals surface area (Å²) in [5.74, 6) is -18.7. The fourth-order valence-electron chi connectivity index (χ4n) is 9.22. The van der Waals surface area contributed by atoms with E-state index in [0.717, 1.165) is 119 Å². The van der Waals surface area contributed by atoms with E-state index in [1.165, 1.54) is 0 Å². The predicted molar refractivity (Wildman–Crippen MR) is 309 cm³/mol. The number of ether oxygens (including phenoxy) is 3. The SMILES string of the molecule is CCCCCc1ccc(-c2cc(F)c(C(F)(F)Oc3cc(F)c(C)c(F)c3)c(F)c2)cc1.CCCc1ccc(-c2cc(F)c(C(F)(F)Oc3cc(F)c(C)c(F)c3)c(F)c2)cc1.CCc1ccc(-c2cc(F)c(C(F)(F)Oc3cc(F)c(C)c(F)c3)c(F)c2)cc1. The molecule has 9 aromatic carbocycles. The molecule has 9 rings (SSSR count). The summed E-state index contributed by atoms with van der Waals surface area (Å²) in [6.45, 7) is 9.39. The van der Waals surface area contributed by atoms with Crippen LogP contribution < -0.4 is 14.2 Å². The summed E-state index contributed by atoms with van der Waals surface area (Å²) in [4.78, 5) is 0. The Morgan fingerprint density at radius 2 is 0.516 bits per heavy atom. The van der Waals surface area contributed by atoms with Crippen LogP contribution in [0, 0.1) is 90.6 Å². The van der Waals surface area contributed by atoms with Crippen LogP contribution in [0.15, 0.2) is 146 Å². The minimum absolute atomic E-state index is 0.0645. The fourth-order valence-corrected chi connectivity index (χ4v) is 9.22. The van der Waals surface area contributed by atoms with E-state index in [4.69, 9.17) is 0 Å². The molecule has 0 radical (unpaired) electrons. The first-order chi connectivity index (χ1) is 42.9. The van der Waals surface area contributed by atoms with Gasteiger partial charge in [0.2, 0.25) is 0 Å². The van der Waals surface area contributed by atoms with Gasteiger partial charge in [-0.25, -0.2) is 52.7 Å². The number of rotatable bonds is 19. The molecule has 0 aromatic heterocycles. The van der Waals surface area contributed by atoms with Crippen LogP contribution in [0.4, 0.5) is 79.0 Å². The molecule has 21 heteroatoms. The van der Waals surface area contributed by atoms with E-state index in [0.29, 0.717) is 53.1 Å². The smallest absolute Gasteiger partial charge is 0.429 e. The highest BCUT2D eigenvalue weighted by molar-refractivity contribution is 5.67. The van der Waals surface area contributed by atoms with Crippen LogP contribution >= 0.6 is 0 Å². The molecule has 0 fully saturated rings. The highest BCUT2D eigenvalue weighted by Gasteiger charge is 2.44. The van der Waals surface area contributed by atoms with E-state index in [9.17, 15) is 79.0 Å². The molecule has 0 saturated carbocycles. The summed E-state index contributed by atoms with van der Waals surface area (Å²) in [5, 5.41) is 0. The summed E-state index contributed by atoms with van der Waals surface area (Å²) >= 11 is 0. The molecule has 0 aliphatic heterocycles. The number of unbranched alkanes of at least 4 members (excludes halogenated alkanes) is 2. The molecule has 0 amide bonds. The third-order valence-corrected chi connectivity index (χ3v) is 14.4. The van der Waals surface area contributed by atoms with Crippen LogP contribution in [0.5, 0.6) is 17.2 Å². The van der Waals surface area contributed by atoms with Crippen LogP contribution in [-0.2, 0) is 37.6 Å². The molecule has 0 heterocycles. The highest BCUT2D eigenvalue weighted by Crippen LogP contribution is 2.42. The molecule has 0 N–H and O–H groups in total. The standard InChI is InChI=1S/C25H22F6O.C23H18F6O.C22H16F6O/c1-3-4-5-6-16-7-9-17(10-8-16)18-11-22(28)24(23(29)12-18)25(30,31)32-19-13-20(26)15(2)21(27)14-19;1-3-4-14-5-7-15(8-6-14)16-9-20(26)22(21(27)10-16)23(28,29)30-17-11-18(24)13(2)19(25)12-17;1-3-13-4-6-14(7-5-13)15-8-19(25)21(20(26)9-15)22(27,28)29-16-10-17(23)12(2)18(24)11-16/h7-14H,3-6H2,1-2H3;5-12H,3-4H2,1-2H3;4-11H,3H2,1-2H3. The largest absolute Gasteiger partial charge is 0.432 e. The second-order valence-electron chi connectivity index (χ2n) is 21.0. The number of halogens is 18. The molecule has 9 aromatic rings. The molecule has 0 aliphatic rings. The van der Waals surface area contributed by atoms with Gasteiger partial charge in [-0.15, -0.1) is 0 Å². The summed E-state index contributed by atoms with van der Waals surface area (Å²) in [6.07, 6.45) is -6.86. The Bertz CT molecular complexity index is 3880. The van der Waals surface area contributed by atoms with E-state index >= 15 is 0 Å². The average Bonchev–Trinajstić information content (AvgIpc) is 0.848. The average molecular weight is 1290 g/mol. The summed E-state index contributed by atoms with van der Waals surface area (Å²) in [5.41, 5.74) is -1.43. The lowest BCUT2D eigenvalue weighted by molar-refractivity contribution is -0.190. The van der Waals surface area contributed by atoms with Crippen molar-refractivity contribution in [3.05, 3.63) is 265 Å². The fraction of sp³-hybridized carbons (Fsp3) is 0.229. The molecule has 0 atom stereocenters. The van der Waals surface area contributed by atoms with Crippen molar-refractivity contribution in [3.8, 4) is 50.6 Å². The van der Waals surface area contributed by atoms with Crippen molar-refractivity contribution >= 4 is 0 Å². The second kappa shape index (κ2) is 29.4. The zero-order valence-electron chi connectivity index (χ0n) is 49.3. The first kappa shape index (κ1) is 69.6. The molecular weight excluding hydrogens is 1230 g/mol. The monoisotopic (exact) mass is 1290 g/mol. The quantitative estimate of drug-likeness (QED) is 0.0596. The maximum atomic E-state index is 14.6. The van der Waals surface area contributed by atoms with E-state index in [-0.39, 0.29) is 16.7 Å². The van der Waals surface area contributed by atoms with Crippen molar-refractivity contribution < 1.29 is 93.2 Å². The van der Waals surface area contributed by atoms with Crippen molar-refractivity contribution in [2.24, 2.45) is 0 Å². The maximum absolute atomic E-state index is 14.6. The molecule has 0 aliphatic carbocycles. The van der Waals surface area contributed by atoms with Gasteiger partial charge in [-0.3, -0.25) is 0 Å². The number of benzene rings is 9. The third-order valence-electron chi connectivity index (χ3n) is 14.4. The minimum Gasteiger partial charge on any atom is -0.429 e. The number of aryl methyl sites for hydroxylation is 3. The zero-order valence-corrected chi connectivity index (χ0v) is 49.3. The Kier molecular flexibility index (Phi) is 22.5. The van der Waals surface area contributed by atoms with Gasteiger partial charge in [-0.1, -0.05) is 113 Å². The Labute approximate surface area is 512 Å². The van der Waals surface area contributed by atoms with Gasteiger partial charge in [0.25, 0.3) is 0 Å². The van der Waals surface area contributed by atoms with Gasteiger partial charge in [-0.05, 0) is 133 Å². The lowest BCUT2D eigenvalue weighted by Crippen LogP contribution is -2.25. The molecule has 91 heavy (non-hydrogen) atoms. The Morgan fingerprint density at radius 3 is 0.747 bits per heavy atom. The van der Waals surface area contributed by atoms with Crippen molar-refractivity contribution in [3.63, 3.8) is 0 Å². The van der Waals surface area contributed by atoms with E-state index < -0.39 is 139 Å². The minimum atomic E-state index is -4.50. The van der Waals surface area contributed by atoms with Gasteiger partial charge in [0.15, 0.2) is 0 Å². The van der Waals surface area contributed by atoms with Crippen molar-refractivity contribution in [1.82, 2.24) is 0 Å². The molecule has 480 valence electrons. The van der Waals surface area contributed by atoms with Gasteiger partial charge in [0.1, 0.15) is 104 Å². The van der Waals surface area contributed by atoms with Gasteiger partial charge in [0.05, 0.1) is 0 Å². The Hall–Kier alpha value is -8.88. The molecule has 0 bridgehead atoms. The molecule has 3 nitrogen and oxygen atoms in total.